The maximum atomic E-state index is 12.2. The molecule has 0 aliphatic rings. The number of aryl methyl sites for hydroxylation is 1. The first-order valence-electron chi connectivity index (χ1n) is 5.46. The Labute approximate surface area is 102 Å². The molecule has 1 N–H and O–H groups in total. The van der Waals surface area contributed by atoms with Gasteiger partial charge in [0.1, 0.15) is 23.4 Å². The summed E-state index contributed by atoms with van der Waals surface area (Å²) in [5, 5.41) is 10.0. The van der Waals surface area contributed by atoms with Gasteiger partial charge in [0.25, 0.3) is 0 Å². The van der Waals surface area contributed by atoms with E-state index in [1.165, 1.54) is 18.4 Å². The van der Waals surface area contributed by atoms with Gasteiger partial charge >= 0.3 is 0 Å². The third kappa shape index (κ3) is 1.59. The van der Waals surface area contributed by atoms with Crippen molar-refractivity contribution in [3.05, 3.63) is 53.7 Å². The van der Waals surface area contributed by atoms with Gasteiger partial charge in [0.05, 0.1) is 5.56 Å². The molecule has 1 aromatic carbocycles. The summed E-state index contributed by atoms with van der Waals surface area (Å²) in [5.74, 6) is 0.772. The van der Waals surface area contributed by atoms with E-state index in [-0.39, 0.29) is 17.3 Å². The molecule has 18 heavy (non-hydrogen) atoms. The molecule has 4 nitrogen and oxygen atoms in total. The molecule has 0 amide bonds. The van der Waals surface area contributed by atoms with Crippen molar-refractivity contribution in [1.29, 1.82) is 0 Å². The molecule has 0 unspecified atom stereocenters. The predicted octanol–water partition coefficient (Wildman–Crippen LogP) is 3.27. The van der Waals surface area contributed by atoms with Crippen LogP contribution in [0.2, 0.25) is 0 Å². The van der Waals surface area contributed by atoms with Gasteiger partial charge in [0.2, 0.25) is 5.78 Å². The van der Waals surface area contributed by atoms with Crippen LogP contribution in [0.5, 0.6) is 5.75 Å². The zero-order valence-corrected chi connectivity index (χ0v) is 9.64. The highest BCUT2D eigenvalue weighted by Crippen LogP contribution is 2.27. The van der Waals surface area contributed by atoms with Crippen molar-refractivity contribution in [3.63, 3.8) is 0 Å². The summed E-state index contributed by atoms with van der Waals surface area (Å²) in [5.41, 5.74) is 0.940. The SMILES string of the molecule is Cc1ccc(C(=O)c2coc3ccc(O)cc23)o1. The van der Waals surface area contributed by atoms with Gasteiger partial charge in [-0.15, -0.1) is 0 Å². The Kier molecular flexibility index (Phi) is 2.23. The Bertz CT molecular complexity index is 733. The van der Waals surface area contributed by atoms with Crippen molar-refractivity contribution in [2.45, 2.75) is 6.92 Å². The van der Waals surface area contributed by atoms with E-state index in [9.17, 15) is 9.90 Å². The van der Waals surface area contributed by atoms with Crippen LogP contribution >= 0.6 is 0 Å². The molecule has 2 aromatic heterocycles. The average molecular weight is 242 g/mol. The lowest BCUT2D eigenvalue weighted by molar-refractivity contribution is 0.101. The standard InChI is InChI=1S/C14H10O4/c1-8-2-4-13(18-8)14(16)11-7-17-12-5-3-9(15)6-10(11)12/h2-7,15H,1H3. The van der Waals surface area contributed by atoms with Gasteiger partial charge in [-0.1, -0.05) is 0 Å². The van der Waals surface area contributed by atoms with Crippen LogP contribution in [0.4, 0.5) is 0 Å². The topological polar surface area (TPSA) is 63.6 Å². The molecule has 0 bridgehead atoms. The summed E-state index contributed by atoms with van der Waals surface area (Å²) >= 11 is 0. The molecule has 90 valence electrons. The molecule has 0 aliphatic carbocycles. The van der Waals surface area contributed by atoms with Crippen LogP contribution in [0, 0.1) is 6.92 Å². The number of ketones is 1. The van der Waals surface area contributed by atoms with Gasteiger partial charge in [-0.2, -0.15) is 0 Å². The summed E-state index contributed by atoms with van der Waals surface area (Å²) in [6.45, 7) is 1.77. The summed E-state index contributed by atoms with van der Waals surface area (Å²) in [6, 6.07) is 7.99. The molecule has 0 spiro atoms. The second kappa shape index (κ2) is 3.77. The Morgan fingerprint density at radius 1 is 1.22 bits per heavy atom. The number of benzene rings is 1. The maximum absolute atomic E-state index is 12.2. The third-order valence-electron chi connectivity index (χ3n) is 2.77. The lowest BCUT2D eigenvalue weighted by Crippen LogP contribution is -1.97. The van der Waals surface area contributed by atoms with Crippen LogP contribution in [-0.2, 0) is 0 Å². The molecule has 0 fully saturated rings. The average Bonchev–Trinajstić information content (AvgIpc) is 2.94. The summed E-state index contributed by atoms with van der Waals surface area (Å²) in [6.07, 6.45) is 1.38. The number of fused-ring (bicyclic) bond motifs is 1. The number of aromatic hydroxyl groups is 1. The van der Waals surface area contributed by atoms with Crippen LogP contribution in [0.25, 0.3) is 11.0 Å². The zero-order chi connectivity index (χ0) is 12.7. The number of furan rings is 2. The minimum atomic E-state index is -0.257. The summed E-state index contributed by atoms with van der Waals surface area (Å²) in [7, 11) is 0. The fraction of sp³-hybridized carbons (Fsp3) is 0.0714. The molecule has 3 aromatic rings. The predicted molar refractivity (Wildman–Crippen MR) is 64.8 cm³/mol. The lowest BCUT2D eigenvalue weighted by atomic mass is 10.1. The number of hydrogen-bond acceptors (Lipinski definition) is 4. The summed E-state index contributed by atoms with van der Waals surface area (Å²) in [4.78, 5) is 12.2. The first-order chi connectivity index (χ1) is 8.65. The third-order valence-corrected chi connectivity index (χ3v) is 2.77. The van der Waals surface area contributed by atoms with Crippen molar-refractivity contribution >= 4 is 16.8 Å². The van der Waals surface area contributed by atoms with Crippen LogP contribution in [0.15, 0.2) is 45.4 Å². The van der Waals surface area contributed by atoms with Gasteiger partial charge in [-0.3, -0.25) is 4.79 Å². The number of rotatable bonds is 2. The minimum Gasteiger partial charge on any atom is -0.508 e. The Hall–Kier alpha value is -2.49. The Morgan fingerprint density at radius 3 is 2.78 bits per heavy atom. The molecule has 3 rings (SSSR count). The molecule has 2 heterocycles. The van der Waals surface area contributed by atoms with E-state index in [4.69, 9.17) is 8.83 Å². The summed E-state index contributed by atoms with van der Waals surface area (Å²) < 4.78 is 10.6. The first kappa shape index (κ1) is 10.7. The monoisotopic (exact) mass is 242 g/mol. The van der Waals surface area contributed by atoms with Crippen molar-refractivity contribution in [1.82, 2.24) is 0 Å². The zero-order valence-electron chi connectivity index (χ0n) is 9.64. The van der Waals surface area contributed by atoms with Crippen molar-refractivity contribution in [3.8, 4) is 5.75 Å². The molecule has 0 radical (unpaired) electrons. The smallest absolute Gasteiger partial charge is 0.232 e. The van der Waals surface area contributed by atoms with E-state index in [0.29, 0.717) is 22.3 Å². The largest absolute Gasteiger partial charge is 0.508 e. The minimum absolute atomic E-state index is 0.0913. The van der Waals surface area contributed by atoms with Gasteiger partial charge < -0.3 is 13.9 Å². The van der Waals surface area contributed by atoms with E-state index in [0.717, 1.165) is 0 Å². The van der Waals surface area contributed by atoms with E-state index in [2.05, 4.69) is 0 Å². The Balaban J connectivity index is 2.14. The fourth-order valence-corrected chi connectivity index (χ4v) is 1.88. The van der Waals surface area contributed by atoms with Gasteiger partial charge in [0.15, 0.2) is 5.76 Å². The van der Waals surface area contributed by atoms with Crippen molar-refractivity contribution < 1.29 is 18.7 Å². The van der Waals surface area contributed by atoms with Crippen LogP contribution in [-0.4, -0.2) is 10.9 Å². The second-order valence-electron chi connectivity index (χ2n) is 4.07. The number of hydrogen-bond donors (Lipinski definition) is 1. The molecule has 0 atom stereocenters. The normalized spacial score (nSPS) is 10.9. The number of phenols is 1. The second-order valence-corrected chi connectivity index (χ2v) is 4.07. The Morgan fingerprint density at radius 2 is 2.06 bits per heavy atom. The fourth-order valence-electron chi connectivity index (χ4n) is 1.88. The molecule has 4 heteroatoms. The number of carbonyl (C=O) groups excluding carboxylic acids is 1. The van der Waals surface area contributed by atoms with Crippen LogP contribution < -0.4 is 0 Å². The highest BCUT2D eigenvalue weighted by atomic mass is 16.3. The van der Waals surface area contributed by atoms with Gasteiger partial charge in [-0.25, -0.2) is 0 Å². The molecule has 0 saturated heterocycles. The van der Waals surface area contributed by atoms with Crippen LogP contribution in [0.1, 0.15) is 21.9 Å². The molecule has 0 aliphatic heterocycles. The highest BCUT2D eigenvalue weighted by molar-refractivity contribution is 6.14. The van der Waals surface area contributed by atoms with Crippen LogP contribution in [0.3, 0.4) is 0 Å². The quantitative estimate of drug-likeness (QED) is 0.700. The number of phenolic OH excluding ortho intramolecular Hbond substituents is 1. The van der Waals surface area contributed by atoms with Crippen molar-refractivity contribution in [2.24, 2.45) is 0 Å². The highest BCUT2D eigenvalue weighted by Gasteiger charge is 2.18. The van der Waals surface area contributed by atoms with Gasteiger partial charge in [-0.05, 0) is 37.3 Å². The first-order valence-corrected chi connectivity index (χ1v) is 5.46. The lowest BCUT2D eigenvalue weighted by Gasteiger charge is -1.95. The number of carbonyl (C=O) groups is 1. The molecular weight excluding hydrogens is 232 g/mol. The van der Waals surface area contributed by atoms with Crippen molar-refractivity contribution in [2.75, 3.05) is 0 Å². The van der Waals surface area contributed by atoms with E-state index in [1.54, 1.807) is 25.1 Å². The van der Waals surface area contributed by atoms with E-state index in [1.807, 2.05) is 0 Å². The van der Waals surface area contributed by atoms with E-state index < -0.39 is 0 Å². The molecular formula is C14H10O4. The van der Waals surface area contributed by atoms with E-state index >= 15 is 0 Å². The van der Waals surface area contributed by atoms with Gasteiger partial charge in [0, 0.05) is 5.39 Å². The molecule has 0 saturated carbocycles. The maximum Gasteiger partial charge on any atom is 0.232 e.